The Kier molecular flexibility index (Phi) is 4.52. The third kappa shape index (κ3) is 3.53. The van der Waals surface area contributed by atoms with Crippen LogP contribution in [0.2, 0.25) is 0 Å². The van der Waals surface area contributed by atoms with E-state index in [1.165, 1.54) is 0 Å². The van der Waals surface area contributed by atoms with Crippen LogP contribution < -0.4 is 5.73 Å². The van der Waals surface area contributed by atoms with Crippen LogP contribution in [0.1, 0.15) is 56.1 Å². The lowest BCUT2D eigenvalue weighted by Crippen LogP contribution is -2.45. The second-order valence-corrected chi connectivity index (χ2v) is 6.72. The number of pyridine rings is 1. The first-order valence-corrected chi connectivity index (χ1v) is 7.53. The Morgan fingerprint density at radius 2 is 2.10 bits per heavy atom. The number of hydrogen-bond donors (Lipinski definition) is 2. The van der Waals surface area contributed by atoms with Crippen LogP contribution in [0.5, 0.6) is 0 Å². The highest BCUT2D eigenvalue weighted by molar-refractivity contribution is 5.95. The van der Waals surface area contributed by atoms with Gasteiger partial charge in [-0.25, -0.2) is 4.98 Å². The van der Waals surface area contributed by atoms with E-state index in [2.05, 4.69) is 4.98 Å². The minimum absolute atomic E-state index is 0.0189. The fraction of sp³-hybridized carbons (Fsp3) is 0.625. The molecular formula is C16H25N3O2. The standard InChI is InChI=1S/C16H25N3O2/c1-16(2,3)13-9-11(10-14(17)18-13)15(21)19(7-8-20)12-5-4-6-12/h9-10,12,20H,4-8H2,1-3H3,(H2,17,18). The van der Waals surface area contributed by atoms with Gasteiger partial charge in [-0.1, -0.05) is 20.8 Å². The van der Waals surface area contributed by atoms with Crippen LogP contribution in [0.3, 0.4) is 0 Å². The lowest BCUT2D eigenvalue weighted by atomic mass is 9.89. The average molecular weight is 291 g/mol. The second-order valence-electron chi connectivity index (χ2n) is 6.72. The first-order chi connectivity index (χ1) is 9.82. The molecule has 1 heterocycles. The molecule has 0 spiro atoms. The van der Waals surface area contributed by atoms with Gasteiger partial charge in [-0.2, -0.15) is 0 Å². The molecule has 0 atom stereocenters. The highest BCUT2D eigenvalue weighted by Crippen LogP contribution is 2.28. The molecule has 3 N–H and O–H groups in total. The first-order valence-electron chi connectivity index (χ1n) is 7.53. The van der Waals surface area contributed by atoms with Gasteiger partial charge in [0.1, 0.15) is 5.82 Å². The third-order valence-corrected chi connectivity index (χ3v) is 3.98. The highest BCUT2D eigenvalue weighted by Gasteiger charge is 2.30. The molecule has 116 valence electrons. The van der Waals surface area contributed by atoms with Crippen molar-refractivity contribution in [3.63, 3.8) is 0 Å². The van der Waals surface area contributed by atoms with Crippen molar-refractivity contribution in [2.45, 2.75) is 51.5 Å². The smallest absolute Gasteiger partial charge is 0.254 e. The molecule has 5 heteroatoms. The number of anilines is 1. The quantitative estimate of drug-likeness (QED) is 0.888. The maximum Gasteiger partial charge on any atom is 0.254 e. The minimum Gasteiger partial charge on any atom is -0.395 e. The first kappa shape index (κ1) is 15.8. The minimum atomic E-state index is -0.164. The van der Waals surface area contributed by atoms with Gasteiger partial charge in [-0.05, 0) is 31.4 Å². The lowest BCUT2D eigenvalue weighted by molar-refractivity contribution is 0.0525. The van der Waals surface area contributed by atoms with E-state index in [0.29, 0.717) is 17.9 Å². The predicted molar refractivity (Wildman–Crippen MR) is 83.1 cm³/mol. The van der Waals surface area contributed by atoms with Gasteiger partial charge in [-0.15, -0.1) is 0 Å². The fourth-order valence-corrected chi connectivity index (χ4v) is 2.48. The number of carbonyl (C=O) groups excluding carboxylic acids is 1. The van der Waals surface area contributed by atoms with E-state index in [1.807, 2.05) is 26.8 Å². The van der Waals surface area contributed by atoms with Gasteiger partial charge in [0.2, 0.25) is 0 Å². The van der Waals surface area contributed by atoms with Crippen molar-refractivity contribution >= 4 is 11.7 Å². The number of amides is 1. The molecule has 1 saturated carbocycles. The molecule has 0 aromatic carbocycles. The average Bonchev–Trinajstić information content (AvgIpc) is 2.33. The number of nitrogens with zero attached hydrogens (tertiary/aromatic N) is 2. The Morgan fingerprint density at radius 3 is 2.57 bits per heavy atom. The molecule has 0 unspecified atom stereocenters. The van der Waals surface area contributed by atoms with Gasteiger partial charge in [0.15, 0.2) is 0 Å². The predicted octanol–water partition coefficient (Wildman–Crippen LogP) is 1.95. The Hall–Kier alpha value is -1.62. The summed E-state index contributed by atoms with van der Waals surface area (Å²) in [7, 11) is 0. The molecule has 0 bridgehead atoms. The second kappa shape index (κ2) is 6.02. The Labute approximate surface area is 126 Å². The zero-order chi connectivity index (χ0) is 15.6. The van der Waals surface area contributed by atoms with Crippen molar-refractivity contribution in [1.82, 2.24) is 9.88 Å². The Morgan fingerprint density at radius 1 is 1.43 bits per heavy atom. The molecule has 0 aliphatic heterocycles. The molecular weight excluding hydrogens is 266 g/mol. The monoisotopic (exact) mass is 291 g/mol. The van der Waals surface area contributed by atoms with Crippen molar-refractivity contribution in [2.75, 3.05) is 18.9 Å². The normalized spacial score (nSPS) is 15.6. The number of hydrogen-bond acceptors (Lipinski definition) is 4. The number of aromatic nitrogens is 1. The summed E-state index contributed by atoms with van der Waals surface area (Å²) in [5, 5.41) is 9.21. The van der Waals surface area contributed by atoms with Crippen molar-refractivity contribution in [3.8, 4) is 0 Å². The molecule has 21 heavy (non-hydrogen) atoms. The number of nitrogens with two attached hydrogens (primary N) is 1. The van der Waals surface area contributed by atoms with Gasteiger partial charge < -0.3 is 15.7 Å². The van der Waals surface area contributed by atoms with E-state index in [1.54, 1.807) is 11.0 Å². The topological polar surface area (TPSA) is 79.5 Å². The Balaban J connectivity index is 2.30. The molecule has 1 aliphatic carbocycles. The van der Waals surface area contributed by atoms with Crippen LogP contribution >= 0.6 is 0 Å². The molecule has 1 fully saturated rings. The Bertz CT molecular complexity index is 519. The van der Waals surface area contributed by atoms with Crippen LogP contribution in [0.15, 0.2) is 12.1 Å². The largest absolute Gasteiger partial charge is 0.395 e. The summed E-state index contributed by atoms with van der Waals surface area (Å²) >= 11 is 0. The van der Waals surface area contributed by atoms with Gasteiger partial charge in [0, 0.05) is 29.3 Å². The number of aliphatic hydroxyl groups excluding tert-OH is 1. The van der Waals surface area contributed by atoms with E-state index in [0.717, 1.165) is 25.0 Å². The van der Waals surface area contributed by atoms with E-state index in [4.69, 9.17) is 5.73 Å². The van der Waals surface area contributed by atoms with Gasteiger partial charge in [-0.3, -0.25) is 4.79 Å². The van der Waals surface area contributed by atoms with E-state index < -0.39 is 0 Å². The molecule has 1 amide bonds. The summed E-state index contributed by atoms with van der Waals surface area (Å²) in [4.78, 5) is 18.8. The van der Waals surface area contributed by atoms with Crippen LogP contribution in [0.4, 0.5) is 5.82 Å². The molecule has 0 saturated heterocycles. The van der Waals surface area contributed by atoms with Crippen LogP contribution in [0, 0.1) is 0 Å². The van der Waals surface area contributed by atoms with Crippen molar-refractivity contribution in [1.29, 1.82) is 0 Å². The fourth-order valence-electron chi connectivity index (χ4n) is 2.48. The molecule has 5 nitrogen and oxygen atoms in total. The van der Waals surface area contributed by atoms with Crippen LogP contribution in [-0.4, -0.2) is 40.1 Å². The van der Waals surface area contributed by atoms with E-state index in [-0.39, 0.29) is 24.0 Å². The number of rotatable bonds is 4. The molecule has 1 aliphatic rings. The molecule has 0 radical (unpaired) electrons. The summed E-state index contributed by atoms with van der Waals surface area (Å²) in [6, 6.07) is 3.69. The van der Waals surface area contributed by atoms with Crippen molar-refractivity contribution in [2.24, 2.45) is 0 Å². The number of aliphatic hydroxyl groups is 1. The molecule has 2 rings (SSSR count). The summed E-state index contributed by atoms with van der Waals surface area (Å²) in [6.07, 6.45) is 3.17. The van der Waals surface area contributed by atoms with Gasteiger partial charge in [0.25, 0.3) is 5.91 Å². The molecule has 1 aromatic heterocycles. The van der Waals surface area contributed by atoms with Crippen LogP contribution in [-0.2, 0) is 5.41 Å². The summed E-state index contributed by atoms with van der Waals surface area (Å²) in [5.74, 6) is 0.302. The number of nitrogen functional groups attached to an aromatic ring is 1. The zero-order valence-electron chi connectivity index (χ0n) is 13.1. The SMILES string of the molecule is CC(C)(C)c1cc(C(=O)N(CCO)C2CCC2)cc(N)n1. The van der Waals surface area contributed by atoms with Crippen LogP contribution in [0.25, 0.3) is 0 Å². The summed E-state index contributed by atoms with van der Waals surface area (Å²) in [5.41, 5.74) is 7.07. The van der Waals surface area contributed by atoms with E-state index in [9.17, 15) is 9.90 Å². The summed E-state index contributed by atoms with van der Waals surface area (Å²) in [6.45, 7) is 6.48. The third-order valence-electron chi connectivity index (χ3n) is 3.98. The van der Waals surface area contributed by atoms with Crippen molar-refractivity contribution in [3.05, 3.63) is 23.4 Å². The van der Waals surface area contributed by atoms with E-state index >= 15 is 0 Å². The maximum atomic E-state index is 12.7. The number of carbonyl (C=O) groups is 1. The maximum absolute atomic E-state index is 12.7. The van der Waals surface area contributed by atoms with Crippen molar-refractivity contribution < 1.29 is 9.90 Å². The summed E-state index contributed by atoms with van der Waals surface area (Å²) < 4.78 is 0. The highest BCUT2D eigenvalue weighted by atomic mass is 16.3. The zero-order valence-corrected chi connectivity index (χ0v) is 13.1. The van der Waals surface area contributed by atoms with Gasteiger partial charge in [0.05, 0.1) is 6.61 Å². The lowest BCUT2D eigenvalue weighted by Gasteiger charge is -2.37. The van der Waals surface area contributed by atoms with Gasteiger partial charge >= 0.3 is 0 Å². The molecule has 1 aromatic rings.